The normalized spacial score (nSPS) is 20.6. The topological polar surface area (TPSA) is 75.3 Å². The number of hydrogen-bond donors (Lipinski definition) is 2. The third-order valence-electron chi connectivity index (χ3n) is 2.81. The van der Waals surface area contributed by atoms with E-state index >= 15 is 0 Å². The molecule has 1 aliphatic rings. The molecule has 0 spiro atoms. The smallest absolute Gasteiger partial charge is 0.319 e. The van der Waals surface area contributed by atoms with E-state index in [0.29, 0.717) is 6.42 Å². The predicted molar refractivity (Wildman–Crippen MR) is 75.6 cm³/mol. The van der Waals surface area contributed by atoms with Crippen molar-refractivity contribution in [2.75, 3.05) is 16.8 Å². The van der Waals surface area contributed by atoms with Crippen LogP contribution in [0.3, 0.4) is 0 Å². The minimum absolute atomic E-state index is 0.0617. The lowest BCUT2D eigenvalue weighted by Gasteiger charge is -2.12. The van der Waals surface area contributed by atoms with Crippen LogP contribution < -0.4 is 10.6 Å². The number of rotatable bonds is 2. The molecule has 1 atom stereocenters. The van der Waals surface area contributed by atoms with E-state index in [-0.39, 0.29) is 27.2 Å². The fourth-order valence-corrected chi connectivity index (χ4v) is 4.05. The molecule has 1 fully saturated rings. The van der Waals surface area contributed by atoms with Crippen molar-refractivity contribution >= 4 is 44.8 Å². The maximum Gasteiger partial charge on any atom is 0.319 e. The molecule has 1 heterocycles. The Hall–Kier alpha value is -1.05. The minimum atomic E-state index is -3.07. The summed E-state index contributed by atoms with van der Waals surface area (Å²) in [7, 11) is -3.07. The van der Waals surface area contributed by atoms with Crippen LogP contribution in [-0.2, 0) is 9.84 Å². The lowest BCUT2D eigenvalue weighted by atomic mass is 10.3. The van der Waals surface area contributed by atoms with Crippen LogP contribution in [0.15, 0.2) is 12.1 Å². The first-order chi connectivity index (χ1) is 9.27. The number of benzene rings is 1. The molecule has 1 aromatic rings. The van der Waals surface area contributed by atoms with E-state index in [4.69, 9.17) is 23.2 Å². The second kappa shape index (κ2) is 5.75. The minimum Gasteiger partial charge on any atom is -0.334 e. The summed E-state index contributed by atoms with van der Waals surface area (Å²) >= 11 is 11.2. The van der Waals surface area contributed by atoms with E-state index in [1.165, 1.54) is 12.1 Å². The first-order valence-corrected chi connectivity index (χ1v) is 8.27. The monoisotopic (exact) mass is 340 g/mol. The third kappa shape index (κ3) is 3.74. The summed E-state index contributed by atoms with van der Waals surface area (Å²) in [6.07, 6.45) is 0.376. The summed E-state index contributed by atoms with van der Waals surface area (Å²) < 4.78 is 35.7. The van der Waals surface area contributed by atoms with E-state index in [2.05, 4.69) is 10.6 Å². The van der Waals surface area contributed by atoms with Gasteiger partial charge in [-0.25, -0.2) is 17.6 Å². The molecule has 110 valence electrons. The number of nitrogens with one attached hydrogen (secondary N) is 2. The first kappa shape index (κ1) is 15.3. The van der Waals surface area contributed by atoms with E-state index in [1.54, 1.807) is 0 Å². The van der Waals surface area contributed by atoms with Crippen molar-refractivity contribution in [1.82, 2.24) is 5.32 Å². The molecule has 0 saturated carbocycles. The van der Waals surface area contributed by atoms with Gasteiger partial charge in [-0.3, -0.25) is 0 Å². The molecular weight excluding hydrogens is 330 g/mol. The zero-order chi connectivity index (χ0) is 14.9. The highest BCUT2D eigenvalue weighted by molar-refractivity contribution is 7.91. The molecule has 0 radical (unpaired) electrons. The van der Waals surface area contributed by atoms with Crippen LogP contribution in [0.25, 0.3) is 0 Å². The summed E-state index contributed by atoms with van der Waals surface area (Å²) in [6.45, 7) is 0. The van der Waals surface area contributed by atoms with E-state index < -0.39 is 27.7 Å². The average Bonchev–Trinajstić information content (AvgIpc) is 2.65. The van der Waals surface area contributed by atoms with Crippen molar-refractivity contribution in [2.24, 2.45) is 0 Å². The summed E-state index contributed by atoms with van der Waals surface area (Å²) in [6, 6.07) is 1.42. The Morgan fingerprint density at radius 2 is 1.90 bits per heavy atom. The number of hydrogen-bond acceptors (Lipinski definition) is 3. The molecular formula is C11H11Cl2FN2O3S. The van der Waals surface area contributed by atoms with Crippen LogP contribution >= 0.6 is 23.2 Å². The largest absolute Gasteiger partial charge is 0.334 e. The number of sulfone groups is 1. The second-order valence-corrected chi connectivity index (χ2v) is 7.50. The van der Waals surface area contributed by atoms with Gasteiger partial charge in [0.2, 0.25) is 0 Å². The Labute approximate surface area is 125 Å². The number of urea groups is 1. The summed E-state index contributed by atoms with van der Waals surface area (Å²) in [5.74, 6) is -0.779. The maximum atomic E-state index is 13.2. The van der Waals surface area contributed by atoms with Gasteiger partial charge < -0.3 is 10.6 Å². The molecule has 1 saturated heterocycles. The summed E-state index contributed by atoms with van der Waals surface area (Å²) in [5, 5.41) is 4.53. The van der Waals surface area contributed by atoms with Crippen molar-refractivity contribution in [3.05, 3.63) is 28.0 Å². The molecule has 1 aromatic carbocycles. The highest BCUT2D eigenvalue weighted by atomic mass is 35.5. The summed E-state index contributed by atoms with van der Waals surface area (Å²) in [5.41, 5.74) is 0.222. The number of carbonyl (C=O) groups is 1. The molecule has 0 aliphatic carbocycles. The fourth-order valence-electron chi connectivity index (χ4n) is 1.89. The van der Waals surface area contributed by atoms with Crippen LogP contribution in [0.4, 0.5) is 14.9 Å². The van der Waals surface area contributed by atoms with Gasteiger partial charge in [0.1, 0.15) is 0 Å². The molecule has 9 heteroatoms. The first-order valence-electron chi connectivity index (χ1n) is 5.69. The molecule has 0 aromatic heterocycles. The van der Waals surface area contributed by atoms with Gasteiger partial charge in [0.05, 0.1) is 21.6 Å². The van der Waals surface area contributed by atoms with Gasteiger partial charge in [-0.1, -0.05) is 23.2 Å². The van der Waals surface area contributed by atoms with E-state index in [1.807, 2.05) is 0 Å². The SMILES string of the molecule is O=C(Nc1cc(Cl)c(F)c(Cl)c1)NC1CCS(=O)(=O)C1. The highest BCUT2D eigenvalue weighted by Gasteiger charge is 2.28. The van der Waals surface area contributed by atoms with E-state index in [0.717, 1.165) is 0 Å². The quantitative estimate of drug-likeness (QED) is 0.812. The van der Waals surface area contributed by atoms with E-state index in [9.17, 15) is 17.6 Å². The number of carbonyl (C=O) groups excluding carboxylic acids is 1. The Morgan fingerprint density at radius 1 is 1.30 bits per heavy atom. The van der Waals surface area contributed by atoms with Crippen molar-refractivity contribution in [2.45, 2.75) is 12.5 Å². The van der Waals surface area contributed by atoms with Crippen LogP contribution in [0.1, 0.15) is 6.42 Å². The van der Waals surface area contributed by atoms with Gasteiger partial charge in [-0.15, -0.1) is 0 Å². The molecule has 1 aliphatic heterocycles. The van der Waals surface area contributed by atoms with Gasteiger partial charge in [-0.2, -0.15) is 0 Å². The van der Waals surface area contributed by atoms with Crippen molar-refractivity contribution in [3.8, 4) is 0 Å². The Morgan fingerprint density at radius 3 is 2.40 bits per heavy atom. The molecule has 2 N–H and O–H groups in total. The zero-order valence-corrected chi connectivity index (χ0v) is 12.4. The van der Waals surface area contributed by atoms with Crippen molar-refractivity contribution < 1.29 is 17.6 Å². The van der Waals surface area contributed by atoms with Crippen LogP contribution in [-0.4, -0.2) is 32.0 Å². The molecule has 1 unspecified atom stereocenters. The van der Waals surface area contributed by atoms with Crippen LogP contribution in [0, 0.1) is 5.82 Å². The third-order valence-corrected chi connectivity index (χ3v) is 5.13. The zero-order valence-electron chi connectivity index (χ0n) is 10.1. The molecule has 2 rings (SSSR count). The molecule has 0 bridgehead atoms. The maximum absolute atomic E-state index is 13.2. The standard InChI is InChI=1S/C11H11Cl2FN2O3S/c12-8-3-7(4-9(13)10(8)14)16-11(17)15-6-1-2-20(18,19)5-6/h3-4,6H,1-2,5H2,(H2,15,16,17). The van der Waals surface area contributed by atoms with Crippen molar-refractivity contribution in [1.29, 1.82) is 0 Å². The Balaban J connectivity index is 1.99. The molecule has 2 amide bonds. The van der Waals surface area contributed by atoms with Crippen LogP contribution in [0.5, 0.6) is 0 Å². The lowest BCUT2D eigenvalue weighted by molar-refractivity contribution is 0.249. The predicted octanol–water partition coefficient (Wildman–Crippen LogP) is 2.44. The van der Waals surface area contributed by atoms with Crippen LogP contribution in [0.2, 0.25) is 10.0 Å². The fraction of sp³-hybridized carbons (Fsp3) is 0.364. The lowest BCUT2D eigenvalue weighted by Crippen LogP contribution is -2.38. The van der Waals surface area contributed by atoms with Gasteiger partial charge in [0.15, 0.2) is 15.7 Å². The second-order valence-electron chi connectivity index (χ2n) is 4.45. The number of halogens is 3. The highest BCUT2D eigenvalue weighted by Crippen LogP contribution is 2.27. The van der Waals surface area contributed by atoms with Crippen molar-refractivity contribution in [3.63, 3.8) is 0 Å². The van der Waals surface area contributed by atoms with Gasteiger partial charge in [0, 0.05) is 11.7 Å². The number of amides is 2. The number of anilines is 1. The van der Waals surface area contributed by atoms with Gasteiger partial charge in [0.25, 0.3) is 0 Å². The summed E-state index contributed by atoms with van der Waals surface area (Å²) in [4.78, 5) is 11.7. The van der Waals surface area contributed by atoms with Gasteiger partial charge in [-0.05, 0) is 18.6 Å². The Kier molecular flexibility index (Phi) is 4.41. The average molecular weight is 341 g/mol. The molecule has 20 heavy (non-hydrogen) atoms. The van der Waals surface area contributed by atoms with Gasteiger partial charge >= 0.3 is 6.03 Å². The molecule has 5 nitrogen and oxygen atoms in total. The Bertz CT molecular complexity index is 628.